The molecule has 1 aliphatic rings. The van der Waals surface area contributed by atoms with E-state index in [0.717, 1.165) is 0 Å². The van der Waals surface area contributed by atoms with E-state index in [1.165, 1.54) is 21.5 Å². The Labute approximate surface area is 126 Å². The number of piperazine rings is 1. The summed E-state index contributed by atoms with van der Waals surface area (Å²) in [5, 5.41) is 2.75. The first kappa shape index (κ1) is 15.2. The van der Waals surface area contributed by atoms with Gasteiger partial charge in [0.05, 0.1) is 6.54 Å². The Morgan fingerprint density at radius 1 is 1.40 bits per heavy atom. The lowest BCUT2D eigenvalue weighted by Gasteiger charge is -2.31. The molecule has 2 heterocycles. The Hall–Kier alpha value is -1.19. The van der Waals surface area contributed by atoms with Gasteiger partial charge >= 0.3 is 0 Å². The zero-order chi connectivity index (χ0) is 14.9. The van der Waals surface area contributed by atoms with Crippen molar-refractivity contribution in [2.75, 3.05) is 39.0 Å². The Morgan fingerprint density at radius 2 is 2.10 bits per heavy atom. The Bertz CT molecular complexity index is 635. The van der Waals surface area contributed by atoms with Crippen molar-refractivity contribution in [2.24, 2.45) is 0 Å². The zero-order valence-electron chi connectivity index (χ0n) is 11.1. The maximum atomic E-state index is 12.6. The van der Waals surface area contributed by atoms with Crippen LogP contribution in [-0.4, -0.2) is 62.2 Å². The summed E-state index contributed by atoms with van der Waals surface area (Å²) < 4.78 is 27.0. The minimum Gasteiger partial charge on any atom is -0.372 e. The maximum absolute atomic E-state index is 12.6. The van der Waals surface area contributed by atoms with Crippen LogP contribution < -0.4 is 5.32 Å². The van der Waals surface area contributed by atoms with E-state index in [2.05, 4.69) is 26.2 Å². The van der Waals surface area contributed by atoms with Crippen LogP contribution in [0.3, 0.4) is 0 Å². The quantitative estimate of drug-likeness (QED) is 0.838. The predicted molar refractivity (Wildman–Crippen MR) is 77.9 cm³/mol. The Kier molecular flexibility index (Phi) is 4.31. The van der Waals surface area contributed by atoms with Crippen molar-refractivity contribution in [3.8, 4) is 0 Å². The first-order chi connectivity index (χ1) is 9.36. The normalized spacial score (nSPS) is 17.4. The van der Waals surface area contributed by atoms with E-state index < -0.39 is 10.0 Å². The number of carbonyl (C=O) groups excluding carboxylic acids is 1. The highest BCUT2D eigenvalue weighted by Crippen LogP contribution is 2.26. The van der Waals surface area contributed by atoms with Gasteiger partial charge in [-0.05, 0) is 22.0 Å². The number of likely N-dealkylation sites (N-methyl/N-ethyl adjacent to an activating group) is 1. The van der Waals surface area contributed by atoms with Gasteiger partial charge in [0.15, 0.2) is 0 Å². The first-order valence-corrected chi connectivity index (χ1v) is 8.17. The topological polar surface area (TPSA) is 82.6 Å². The smallest absolute Gasteiger partial charge is 0.247 e. The highest BCUT2D eigenvalue weighted by Gasteiger charge is 2.33. The summed E-state index contributed by atoms with van der Waals surface area (Å²) in [4.78, 5) is 17.3. The highest BCUT2D eigenvalue weighted by molar-refractivity contribution is 9.10. The maximum Gasteiger partial charge on any atom is 0.247 e. The summed E-state index contributed by atoms with van der Waals surface area (Å²) >= 11 is 3.21. The van der Waals surface area contributed by atoms with Gasteiger partial charge in [0.1, 0.15) is 10.7 Å². The van der Waals surface area contributed by atoms with Gasteiger partial charge in [-0.15, -0.1) is 0 Å². The van der Waals surface area contributed by atoms with Gasteiger partial charge in [-0.25, -0.2) is 13.4 Å². The standard InChI is InChI=1S/C11H15BrN4O3S/c1-13-11-9(5-8(12)6-14-11)20(18,19)16-4-3-15(2)10(17)7-16/h5-6H,3-4,7H2,1-2H3,(H,13,14). The molecule has 1 amide bonds. The van der Waals surface area contributed by atoms with Crippen molar-refractivity contribution in [1.29, 1.82) is 0 Å². The molecule has 9 heteroatoms. The Morgan fingerprint density at radius 3 is 2.70 bits per heavy atom. The fourth-order valence-corrected chi connectivity index (χ4v) is 3.92. The molecular formula is C11H15BrN4O3S. The van der Waals surface area contributed by atoms with Crippen LogP contribution in [0.5, 0.6) is 0 Å². The molecule has 0 atom stereocenters. The average Bonchev–Trinajstić information content (AvgIpc) is 2.41. The molecule has 0 bridgehead atoms. The van der Waals surface area contributed by atoms with E-state index in [9.17, 15) is 13.2 Å². The number of amides is 1. The van der Waals surface area contributed by atoms with Gasteiger partial charge in [-0.2, -0.15) is 4.31 Å². The molecule has 2 rings (SSSR count). The molecule has 1 fully saturated rings. The van der Waals surface area contributed by atoms with E-state index in [-0.39, 0.29) is 29.7 Å². The van der Waals surface area contributed by atoms with Gasteiger partial charge in [-0.3, -0.25) is 4.79 Å². The lowest BCUT2D eigenvalue weighted by molar-refractivity contribution is -0.132. The summed E-state index contributed by atoms with van der Waals surface area (Å²) in [5.74, 6) is 0.0494. The first-order valence-electron chi connectivity index (χ1n) is 5.93. The number of nitrogens with one attached hydrogen (secondary N) is 1. The number of carbonyl (C=O) groups is 1. The zero-order valence-corrected chi connectivity index (χ0v) is 13.5. The molecule has 1 aromatic heterocycles. The van der Waals surface area contributed by atoms with E-state index in [4.69, 9.17) is 0 Å². The average molecular weight is 363 g/mol. The lowest BCUT2D eigenvalue weighted by Crippen LogP contribution is -2.50. The SMILES string of the molecule is CNc1ncc(Br)cc1S(=O)(=O)N1CCN(C)C(=O)C1. The molecule has 20 heavy (non-hydrogen) atoms. The second-order valence-corrected chi connectivity index (χ2v) is 7.23. The number of anilines is 1. The summed E-state index contributed by atoms with van der Waals surface area (Å²) in [7, 11) is -0.493. The van der Waals surface area contributed by atoms with Crippen molar-refractivity contribution in [2.45, 2.75) is 4.90 Å². The van der Waals surface area contributed by atoms with Crippen LogP contribution in [0.4, 0.5) is 5.82 Å². The number of halogens is 1. The molecule has 7 nitrogen and oxygen atoms in total. The molecule has 1 aliphatic heterocycles. The number of aromatic nitrogens is 1. The molecule has 1 N–H and O–H groups in total. The van der Waals surface area contributed by atoms with E-state index in [0.29, 0.717) is 11.0 Å². The van der Waals surface area contributed by atoms with Crippen LogP contribution in [0.15, 0.2) is 21.6 Å². The number of pyridine rings is 1. The molecule has 0 unspecified atom stereocenters. The van der Waals surface area contributed by atoms with Crippen molar-refractivity contribution in [3.05, 3.63) is 16.7 Å². The van der Waals surface area contributed by atoms with Gasteiger partial charge in [-0.1, -0.05) is 0 Å². The van der Waals surface area contributed by atoms with Gasteiger partial charge < -0.3 is 10.2 Å². The second-order valence-electron chi connectivity index (χ2n) is 4.40. The van der Waals surface area contributed by atoms with Crippen molar-refractivity contribution in [1.82, 2.24) is 14.2 Å². The van der Waals surface area contributed by atoms with Gasteiger partial charge in [0.25, 0.3) is 0 Å². The van der Waals surface area contributed by atoms with Crippen LogP contribution in [0.25, 0.3) is 0 Å². The molecule has 110 valence electrons. The summed E-state index contributed by atoms with van der Waals surface area (Å²) in [6.07, 6.45) is 1.51. The molecule has 0 aromatic carbocycles. The summed E-state index contributed by atoms with van der Waals surface area (Å²) in [6.45, 7) is 0.517. The minimum atomic E-state index is -3.75. The third kappa shape index (κ3) is 2.79. The molecule has 1 aromatic rings. The number of rotatable bonds is 3. The third-order valence-corrected chi connectivity index (χ3v) is 5.39. The fourth-order valence-electron chi connectivity index (χ4n) is 1.89. The van der Waals surface area contributed by atoms with Crippen molar-refractivity contribution >= 4 is 37.7 Å². The molecule has 0 radical (unpaired) electrons. The largest absolute Gasteiger partial charge is 0.372 e. The van der Waals surface area contributed by atoms with E-state index >= 15 is 0 Å². The van der Waals surface area contributed by atoms with Crippen molar-refractivity contribution in [3.63, 3.8) is 0 Å². The molecular weight excluding hydrogens is 348 g/mol. The van der Waals surface area contributed by atoms with Crippen LogP contribution in [0.2, 0.25) is 0 Å². The number of hydrogen-bond acceptors (Lipinski definition) is 5. The van der Waals surface area contributed by atoms with Crippen LogP contribution in [0, 0.1) is 0 Å². The van der Waals surface area contributed by atoms with Crippen molar-refractivity contribution < 1.29 is 13.2 Å². The monoisotopic (exact) mass is 362 g/mol. The number of nitrogens with zero attached hydrogens (tertiary/aromatic N) is 3. The van der Waals surface area contributed by atoms with E-state index in [1.54, 1.807) is 14.1 Å². The molecule has 0 saturated carbocycles. The number of sulfonamides is 1. The molecule has 1 saturated heterocycles. The Balaban J connectivity index is 2.40. The predicted octanol–water partition coefficient (Wildman–Crippen LogP) is 0.349. The minimum absolute atomic E-state index is 0.0618. The lowest BCUT2D eigenvalue weighted by atomic mass is 10.4. The van der Waals surface area contributed by atoms with Gasteiger partial charge in [0.2, 0.25) is 15.9 Å². The second kappa shape index (κ2) is 5.66. The van der Waals surface area contributed by atoms with Crippen LogP contribution in [0.1, 0.15) is 0 Å². The van der Waals surface area contributed by atoms with Crippen LogP contribution >= 0.6 is 15.9 Å². The number of hydrogen-bond donors (Lipinski definition) is 1. The van der Waals surface area contributed by atoms with Crippen LogP contribution in [-0.2, 0) is 14.8 Å². The van der Waals surface area contributed by atoms with E-state index in [1.807, 2.05) is 0 Å². The summed E-state index contributed by atoms with van der Waals surface area (Å²) in [5.41, 5.74) is 0. The molecule has 0 aliphatic carbocycles. The molecule has 0 spiro atoms. The van der Waals surface area contributed by atoms with Gasteiger partial charge in [0, 0.05) is 37.9 Å². The fraction of sp³-hybridized carbons (Fsp3) is 0.455. The summed E-state index contributed by atoms with van der Waals surface area (Å²) in [6, 6.07) is 1.48. The highest BCUT2D eigenvalue weighted by atomic mass is 79.9. The third-order valence-electron chi connectivity index (χ3n) is 3.10.